The van der Waals surface area contributed by atoms with Crippen LogP contribution in [0.25, 0.3) is 0 Å². The molecule has 0 atom stereocenters. The van der Waals surface area contributed by atoms with Crippen molar-refractivity contribution in [1.29, 1.82) is 0 Å². The monoisotopic (exact) mass is 328 g/mol. The fourth-order valence-corrected chi connectivity index (χ4v) is 2.27. The lowest BCUT2D eigenvalue weighted by atomic mass is 10.3. The largest absolute Gasteiger partial charge is 0.478 e. The van der Waals surface area contributed by atoms with E-state index in [2.05, 4.69) is 16.6 Å². The molecule has 0 aliphatic carbocycles. The normalized spacial score (nSPS) is 9.64. The lowest BCUT2D eigenvalue weighted by Crippen LogP contribution is -2.23. The van der Waals surface area contributed by atoms with Crippen LogP contribution in [0.3, 0.4) is 0 Å². The maximum Gasteiger partial charge on any atom is 0.407 e. The molecule has 1 rings (SSSR count). The van der Waals surface area contributed by atoms with E-state index in [0.29, 0.717) is 4.88 Å². The van der Waals surface area contributed by atoms with Crippen molar-refractivity contribution in [3.63, 3.8) is 0 Å². The summed E-state index contributed by atoms with van der Waals surface area (Å²) in [4.78, 5) is 44.2. The minimum absolute atomic E-state index is 0.0244. The van der Waals surface area contributed by atoms with Crippen molar-refractivity contribution in [2.24, 2.45) is 0 Å². The summed E-state index contributed by atoms with van der Waals surface area (Å²) in [6.45, 7) is 3.36. The van der Waals surface area contributed by atoms with Gasteiger partial charge < -0.3 is 25.6 Å². The molecular weight excluding hydrogens is 316 g/mol. The van der Waals surface area contributed by atoms with E-state index in [4.69, 9.17) is 10.2 Å². The van der Waals surface area contributed by atoms with Crippen molar-refractivity contribution in [2.45, 2.75) is 6.54 Å². The Morgan fingerprint density at radius 3 is 2.55 bits per heavy atom. The summed E-state index contributed by atoms with van der Waals surface area (Å²) in [5.74, 6) is -4.43. The maximum absolute atomic E-state index is 11.2. The van der Waals surface area contributed by atoms with E-state index in [1.54, 1.807) is 0 Å². The predicted molar refractivity (Wildman–Crippen MR) is 75.9 cm³/mol. The zero-order valence-corrected chi connectivity index (χ0v) is 11.9. The van der Waals surface area contributed by atoms with Gasteiger partial charge >= 0.3 is 23.9 Å². The van der Waals surface area contributed by atoms with Crippen molar-refractivity contribution in [3.05, 3.63) is 29.2 Å². The number of anilines is 1. The molecule has 0 radical (unpaired) electrons. The summed E-state index contributed by atoms with van der Waals surface area (Å²) < 4.78 is 4.67. The van der Waals surface area contributed by atoms with Crippen LogP contribution in [0.5, 0.6) is 0 Å². The molecule has 0 unspecified atom stereocenters. The van der Waals surface area contributed by atoms with Crippen LogP contribution in [0, 0.1) is 0 Å². The van der Waals surface area contributed by atoms with Crippen molar-refractivity contribution in [1.82, 2.24) is 5.32 Å². The number of alkyl carbamates (subject to hydrolysis) is 1. The highest BCUT2D eigenvalue weighted by molar-refractivity contribution is 7.16. The second-order valence-corrected chi connectivity index (χ2v) is 4.90. The number of carbonyl (C=O) groups is 4. The third kappa shape index (κ3) is 4.90. The van der Waals surface area contributed by atoms with Gasteiger partial charge in [-0.15, -0.1) is 11.3 Å². The molecule has 0 saturated carbocycles. The third-order valence-electron chi connectivity index (χ3n) is 2.17. The first-order valence-electron chi connectivity index (χ1n) is 5.77. The molecule has 10 heteroatoms. The Bertz CT molecular complexity index is 623. The summed E-state index contributed by atoms with van der Waals surface area (Å²) in [6.07, 6.45) is 0.661. The minimum Gasteiger partial charge on any atom is -0.478 e. The highest BCUT2D eigenvalue weighted by Crippen LogP contribution is 2.28. The Labute approximate surface area is 128 Å². The summed E-state index contributed by atoms with van der Waals surface area (Å²) in [7, 11) is 0. The van der Waals surface area contributed by atoms with Crippen molar-refractivity contribution in [3.8, 4) is 0 Å². The van der Waals surface area contributed by atoms with E-state index in [0.717, 1.165) is 11.3 Å². The summed E-state index contributed by atoms with van der Waals surface area (Å²) in [5.41, 5.74) is -0.268. The highest BCUT2D eigenvalue weighted by atomic mass is 32.1. The average Bonchev–Trinajstić information content (AvgIpc) is 2.85. The van der Waals surface area contributed by atoms with Crippen molar-refractivity contribution < 1.29 is 34.1 Å². The molecule has 0 aliphatic rings. The third-order valence-corrected chi connectivity index (χ3v) is 3.22. The van der Waals surface area contributed by atoms with Crippen molar-refractivity contribution in [2.75, 3.05) is 11.9 Å². The zero-order chi connectivity index (χ0) is 16.7. The summed E-state index contributed by atoms with van der Waals surface area (Å²) in [6, 6.07) is 1.22. The van der Waals surface area contributed by atoms with Gasteiger partial charge in [-0.05, 0) is 6.07 Å². The number of carboxylic acid groups (broad SMARTS) is 2. The number of aliphatic carboxylic acids is 1. The van der Waals surface area contributed by atoms with Crippen LogP contribution in [-0.2, 0) is 20.9 Å². The molecular formula is C12H12N2O7S. The van der Waals surface area contributed by atoms with Crippen LogP contribution >= 0.6 is 11.3 Å². The fourth-order valence-electron chi connectivity index (χ4n) is 1.28. The highest BCUT2D eigenvalue weighted by Gasteiger charge is 2.20. The topological polar surface area (TPSA) is 142 Å². The Hall–Kier alpha value is -2.88. The number of thiophene rings is 1. The van der Waals surface area contributed by atoms with E-state index in [9.17, 15) is 19.2 Å². The molecule has 1 aromatic heterocycles. The van der Waals surface area contributed by atoms with E-state index >= 15 is 0 Å². The molecule has 4 N–H and O–H groups in total. The van der Waals surface area contributed by atoms with Gasteiger partial charge in [0, 0.05) is 4.88 Å². The van der Waals surface area contributed by atoms with Gasteiger partial charge in [-0.2, -0.15) is 0 Å². The molecule has 0 spiro atoms. The molecule has 22 heavy (non-hydrogen) atoms. The minimum atomic E-state index is -1.74. The smallest absolute Gasteiger partial charge is 0.407 e. The molecule has 1 heterocycles. The Kier molecular flexibility index (Phi) is 6.08. The quantitative estimate of drug-likeness (QED) is 0.448. The zero-order valence-electron chi connectivity index (χ0n) is 11.1. The lowest BCUT2D eigenvalue weighted by molar-refractivity contribution is -0.147. The molecule has 0 bridgehead atoms. The SMILES string of the molecule is C=CCOC(=O)NCc1cc(C(=O)O)c(NC(=O)C(=O)O)s1. The molecule has 0 aromatic carbocycles. The van der Waals surface area contributed by atoms with Crippen molar-refractivity contribution >= 4 is 40.3 Å². The van der Waals surface area contributed by atoms with Gasteiger partial charge in [0.2, 0.25) is 0 Å². The van der Waals surface area contributed by atoms with E-state index in [1.807, 2.05) is 5.32 Å². The number of ether oxygens (including phenoxy) is 1. The Morgan fingerprint density at radius 2 is 2.00 bits per heavy atom. The number of carbonyl (C=O) groups excluding carboxylic acids is 2. The van der Waals surface area contributed by atoms with Gasteiger partial charge in [0.15, 0.2) is 0 Å². The second-order valence-electron chi connectivity index (χ2n) is 3.76. The number of amides is 2. The summed E-state index contributed by atoms with van der Waals surface area (Å²) in [5, 5.41) is 21.7. The Morgan fingerprint density at radius 1 is 1.32 bits per heavy atom. The standard InChI is InChI=1S/C12H12N2O7S/c1-2-3-21-12(20)13-5-6-4-7(10(16)17)9(22-6)14-8(15)11(18)19/h2,4H,1,3,5H2,(H,13,20)(H,14,15)(H,16,17)(H,18,19). The van der Waals surface area contributed by atoms with Gasteiger partial charge in [0.25, 0.3) is 0 Å². The molecule has 2 amide bonds. The van der Waals surface area contributed by atoms with Crippen LogP contribution in [0.4, 0.5) is 9.80 Å². The lowest BCUT2D eigenvalue weighted by Gasteiger charge is -2.03. The number of hydrogen-bond acceptors (Lipinski definition) is 6. The van der Waals surface area contributed by atoms with Crippen LogP contribution in [0.1, 0.15) is 15.2 Å². The maximum atomic E-state index is 11.2. The number of aromatic carboxylic acids is 1. The molecule has 0 saturated heterocycles. The molecule has 0 fully saturated rings. The van der Waals surface area contributed by atoms with Crippen LogP contribution in [0.2, 0.25) is 0 Å². The average molecular weight is 328 g/mol. The molecule has 118 valence electrons. The van der Waals surface area contributed by atoms with E-state index < -0.39 is 23.9 Å². The van der Waals surface area contributed by atoms with Gasteiger partial charge in [0.05, 0.1) is 12.1 Å². The number of nitrogens with one attached hydrogen (secondary N) is 2. The van der Waals surface area contributed by atoms with Crippen LogP contribution < -0.4 is 10.6 Å². The molecule has 1 aromatic rings. The van der Waals surface area contributed by atoms with E-state index in [1.165, 1.54) is 12.1 Å². The summed E-state index contributed by atoms with van der Waals surface area (Å²) >= 11 is 0.833. The van der Waals surface area contributed by atoms with Gasteiger partial charge in [-0.25, -0.2) is 14.4 Å². The number of carboxylic acids is 2. The first kappa shape index (κ1) is 17.2. The molecule has 0 aliphatic heterocycles. The van der Waals surface area contributed by atoms with Crippen LogP contribution in [0.15, 0.2) is 18.7 Å². The Balaban J connectivity index is 2.79. The predicted octanol–water partition coefficient (Wildman–Crippen LogP) is 0.882. The second kappa shape index (κ2) is 7.78. The first-order chi connectivity index (χ1) is 10.3. The fraction of sp³-hybridized carbons (Fsp3) is 0.167. The van der Waals surface area contributed by atoms with Gasteiger partial charge in [-0.1, -0.05) is 12.7 Å². The van der Waals surface area contributed by atoms with Gasteiger partial charge in [-0.3, -0.25) is 4.79 Å². The van der Waals surface area contributed by atoms with Crippen LogP contribution in [-0.4, -0.2) is 40.8 Å². The number of hydrogen-bond donors (Lipinski definition) is 4. The number of rotatable bonds is 6. The van der Waals surface area contributed by atoms with Gasteiger partial charge in [0.1, 0.15) is 11.6 Å². The molecule has 9 nitrogen and oxygen atoms in total. The first-order valence-corrected chi connectivity index (χ1v) is 6.58. The van der Waals surface area contributed by atoms with E-state index in [-0.39, 0.29) is 23.7 Å².